The number of carbonyl (C=O) groups is 7. The SMILES string of the molecule is COCCCCCCCCOc1ccc(N2CCN(c3ccc(C(=O)N[C@H]4C[C@H](O)CNC(=O)C5[C@@H](O)C(C)CN5C(=O)[C@H]([C@H](O)CCN)NC(=O)C([C@H](O)Cc5ccc(O)c(OSOOO)c5)NC(=O)C5CC(O)CN5C(=O)C(C(C)O)NC4=O)cc3)CC2)cc1. The highest BCUT2D eigenvalue weighted by Gasteiger charge is 2.50. The Hall–Kier alpha value is -7.14. The molecule has 13 atom stereocenters. The monoisotopic (exact) mass is 1310 g/mol. The van der Waals surface area contributed by atoms with Crippen LogP contribution in [0.2, 0.25) is 0 Å². The number of nitrogens with zero attached hydrogens (tertiary/aromatic N) is 4. The Morgan fingerprint density at radius 2 is 1.33 bits per heavy atom. The number of aromatic hydroxyl groups is 1. The number of fused-ring (bicyclic) bond motifs is 2. The van der Waals surface area contributed by atoms with Crippen LogP contribution in [0.5, 0.6) is 17.2 Å². The van der Waals surface area contributed by atoms with Crippen molar-refractivity contribution in [3.8, 4) is 17.2 Å². The Bertz CT molecular complexity index is 2910. The van der Waals surface area contributed by atoms with Gasteiger partial charge in [0.15, 0.2) is 11.5 Å². The third-order valence-electron chi connectivity index (χ3n) is 16.8. The van der Waals surface area contributed by atoms with E-state index in [9.17, 15) is 69.3 Å². The second-order valence-corrected chi connectivity index (χ2v) is 24.1. The maximum Gasteiger partial charge on any atom is 0.261 e. The number of hydrogen-bond acceptors (Lipinski definition) is 24. The Labute approximate surface area is 537 Å². The van der Waals surface area contributed by atoms with E-state index in [0.29, 0.717) is 32.8 Å². The lowest BCUT2D eigenvalue weighted by molar-refractivity contribution is -0.433. The van der Waals surface area contributed by atoms with Crippen LogP contribution in [0.25, 0.3) is 0 Å². The van der Waals surface area contributed by atoms with Gasteiger partial charge in [-0.15, -0.1) is 0 Å². The second-order valence-electron chi connectivity index (χ2n) is 23.6. The van der Waals surface area contributed by atoms with Crippen molar-refractivity contribution in [2.75, 3.05) is 82.5 Å². The fourth-order valence-corrected chi connectivity index (χ4v) is 12.0. The molecule has 7 rings (SSSR count). The molecule has 0 aliphatic carbocycles. The van der Waals surface area contributed by atoms with Gasteiger partial charge in [0.2, 0.25) is 35.4 Å². The van der Waals surface area contributed by atoms with E-state index in [1.54, 1.807) is 31.4 Å². The zero-order valence-electron chi connectivity index (χ0n) is 51.7. The minimum atomic E-state index is -2.10. The molecule has 31 heteroatoms. The number of ether oxygens (including phenoxy) is 2. The van der Waals surface area contributed by atoms with Gasteiger partial charge in [-0.25, -0.2) is 5.26 Å². The van der Waals surface area contributed by atoms with Crippen LogP contribution in [-0.4, -0.2) is 238 Å². The standard InChI is InChI=1S/C61H88N10O20S/c1-35-33-71-53(54(35)78)59(83)63-32-41(73)30-44(64-55(79)38-11-13-39(14-12-38)68-22-24-69(25-23-68)40-15-17-43(18-16-40)88-27-9-7-5-4-6-8-26-87-3)56(80)65-50(36(2)72)60(84)70-34-42(74)31-45(70)57(81)66-51(58(82)67-52(61(71)85)47(76)20-21-62)48(77)28-37-10-19-46(75)49(29-37)89-92-91-90-86/h10-19,29,35-36,41-42,44-45,47-48,50-54,72-78,86H,4-9,20-28,30-34,62H2,1-3H3,(H,63,83)(H,64,79)(H,65,80)(H,66,81)(H,67,82)/t35?,36?,41-,42?,44-,45?,47+,48+,50?,51?,52-,53?,54-/m0/s1. The van der Waals surface area contributed by atoms with Crippen LogP contribution in [-0.2, 0) is 49.3 Å². The van der Waals surface area contributed by atoms with E-state index in [1.165, 1.54) is 38.3 Å². The molecule has 3 aromatic carbocycles. The normalized spacial score (nSPS) is 25.7. The Morgan fingerprint density at radius 1 is 0.717 bits per heavy atom. The predicted octanol–water partition coefficient (Wildman–Crippen LogP) is -1.25. The molecule has 7 unspecified atom stereocenters. The lowest BCUT2D eigenvalue weighted by Crippen LogP contribution is -2.64. The summed E-state index contributed by atoms with van der Waals surface area (Å²) in [5.41, 5.74) is 7.89. The van der Waals surface area contributed by atoms with Crippen molar-refractivity contribution < 1.29 is 97.6 Å². The van der Waals surface area contributed by atoms with Gasteiger partial charge in [-0.3, -0.25) is 33.6 Å². The number of phenols is 1. The summed E-state index contributed by atoms with van der Waals surface area (Å²) < 4.78 is 20.5. The van der Waals surface area contributed by atoms with Crippen molar-refractivity contribution in [1.82, 2.24) is 36.4 Å². The van der Waals surface area contributed by atoms with Crippen molar-refractivity contribution >= 4 is 65.0 Å². The summed E-state index contributed by atoms with van der Waals surface area (Å²) in [5.74, 6) is -8.35. The molecule has 4 fully saturated rings. The summed E-state index contributed by atoms with van der Waals surface area (Å²) in [5, 5.41) is 103. The molecular formula is C61H88N10O20S. The highest BCUT2D eigenvalue weighted by atomic mass is 32.2. The van der Waals surface area contributed by atoms with Gasteiger partial charge in [0.1, 0.15) is 42.0 Å². The summed E-state index contributed by atoms with van der Waals surface area (Å²) in [6.07, 6.45) is -5.40. The van der Waals surface area contributed by atoms with E-state index >= 15 is 0 Å². The van der Waals surface area contributed by atoms with Gasteiger partial charge >= 0.3 is 0 Å². The van der Waals surface area contributed by atoms with Crippen LogP contribution in [0.1, 0.15) is 87.6 Å². The van der Waals surface area contributed by atoms with Gasteiger partial charge in [-0.05, 0) is 99.0 Å². The summed E-state index contributed by atoms with van der Waals surface area (Å²) in [4.78, 5) is 108. The Balaban J connectivity index is 1.10. The fraction of sp³-hybridized carbons (Fsp3) is 0.590. The number of nitrogens with one attached hydrogen (secondary N) is 5. The zero-order chi connectivity index (χ0) is 66.6. The molecule has 7 amide bonds. The highest BCUT2D eigenvalue weighted by Crippen LogP contribution is 2.32. The van der Waals surface area contributed by atoms with Gasteiger partial charge in [0.05, 0.1) is 43.2 Å². The molecule has 92 heavy (non-hydrogen) atoms. The van der Waals surface area contributed by atoms with Crippen molar-refractivity contribution in [2.24, 2.45) is 11.7 Å². The van der Waals surface area contributed by atoms with E-state index in [2.05, 4.69) is 45.8 Å². The van der Waals surface area contributed by atoms with E-state index in [1.807, 2.05) is 24.3 Å². The van der Waals surface area contributed by atoms with Crippen molar-refractivity contribution in [3.63, 3.8) is 0 Å². The van der Waals surface area contributed by atoms with Crippen LogP contribution >= 0.6 is 12.3 Å². The lowest BCUT2D eigenvalue weighted by atomic mass is 9.98. The number of aliphatic hydroxyl groups excluding tert-OH is 6. The number of hydrogen-bond donors (Lipinski definition) is 14. The smallest absolute Gasteiger partial charge is 0.261 e. The van der Waals surface area contributed by atoms with E-state index in [-0.39, 0.29) is 48.7 Å². The zero-order valence-corrected chi connectivity index (χ0v) is 52.6. The number of carbonyl (C=O) groups excluding carboxylic acids is 7. The third-order valence-corrected chi connectivity index (χ3v) is 17.2. The quantitative estimate of drug-likeness (QED) is 0.0204. The van der Waals surface area contributed by atoms with Crippen LogP contribution in [0.3, 0.4) is 0 Å². The maximum atomic E-state index is 14.7. The number of methoxy groups -OCH3 is 1. The molecule has 15 N–H and O–H groups in total. The molecule has 4 aliphatic heterocycles. The number of nitrogens with two attached hydrogens (primary N) is 1. The minimum absolute atomic E-state index is 0.0850. The first-order chi connectivity index (χ1) is 44.1. The molecular weight excluding hydrogens is 1220 g/mol. The first-order valence-electron chi connectivity index (χ1n) is 31.0. The number of phenolic OH excluding ortho intramolecular Hbond substituents is 1. The third kappa shape index (κ3) is 19.7. The molecule has 0 aromatic heterocycles. The lowest BCUT2D eigenvalue weighted by Gasteiger charge is -2.37. The molecule has 4 aliphatic rings. The number of amides is 7. The number of aliphatic hydroxyl groups is 6. The van der Waals surface area contributed by atoms with Crippen LogP contribution in [0, 0.1) is 5.92 Å². The van der Waals surface area contributed by atoms with Gasteiger partial charge < -0.3 is 101 Å². The maximum absolute atomic E-state index is 14.7. The highest BCUT2D eigenvalue weighted by molar-refractivity contribution is 7.90. The fourth-order valence-electron chi connectivity index (χ4n) is 11.7. The van der Waals surface area contributed by atoms with E-state index in [4.69, 9.17) is 24.6 Å². The van der Waals surface area contributed by atoms with E-state index in [0.717, 1.165) is 65.8 Å². The van der Waals surface area contributed by atoms with E-state index < -0.39 is 158 Å². The van der Waals surface area contributed by atoms with Crippen molar-refractivity contribution in [1.29, 1.82) is 0 Å². The summed E-state index contributed by atoms with van der Waals surface area (Å²) in [7, 11) is 1.72. The number of anilines is 2. The number of benzene rings is 3. The second kappa shape index (κ2) is 35.2. The molecule has 0 saturated carbocycles. The van der Waals surface area contributed by atoms with Gasteiger partial charge in [0, 0.05) is 102 Å². The first-order valence-corrected chi connectivity index (χ1v) is 31.6. The minimum Gasteiger partial charge on any atom is -0.504 e. The molecule has 3 aromatic rings. The molecule has 4 heterocycles. The average molecular weight is 1310 g/mol. The molecule has 0 radical (unpaired) electrons. The number of rotatable bonds is 25. The van der Waals surface area contributed by atoms with Crippen LogP contribution in [0.4, 0.5) is 11.4 Å². The Kier molecular flexibility index (Phi) is 27.7. The topological polar surface area (TPSA) is 427 Å². The van der Waals surface area contributed by atoms with Gasteiger partial charge in [-0.2, -0.15) is 0 Å². The molecule has 0 spiro atoms. The molecule has 4 saturated heterocycles. The molecule has 0 bridgehead atoms. The largest absolute Gasteiger partial charge is 0.504 e. The predicted molar refractivity (Wildman–Crippen MR) is 332 cm³/mol. The average Bonchev–Trinajstić information content (AvgIpc) is 1.66. The molecule has 30 nitrogen and oxygen atoms in total. The summed E-state index contributed by atoms with van der Waals surface area (Å²) in [6, 6.07) is 7.19. The number of β-amino-alcohol motifs (C(OH)–C–C–N with tert-alkyl or cyclic N) is 1. The van der Waals surface area contributed by atoms with Gasteiger partial charge in [0.25, 0.3) is 18.2 Å². The van der Waals surface area contributed by atoms with Gasteiger partial charge in [-0.1, -0.05) is 48.0 Å². The van der Waals surface area contributed by atoms with Crippen molar-refractivity contribution in [3.05, 3.63) is 77.9 Å². The van der Waals surface area contributed by atoms with Crippen LogP contribution < -0.4 is 51.0 Å². The van der Waals surface area contributed by atoms with Crippen LogP contribution in [0.15, 0.2) is 66.7 Å². The van der Waals surface area contributed by atoms with Crippen molar-refractivity contribution in [2.45, 2.75) is 151 Å². The summed E-state index contributed by atoms with van der Waals surface area (Å²) in [6.45, 7) is 5.10. The summed E-state index contributed by atoms with van der Waals surface area (Å²) >= 11 is 0.0850. The first kappa shape index (κ1) is 72.3. The number of piperazine rings is 1. The number of unbranched alkanes of at least 4 members (excludes halogenated alkanes) is 5. The molecule has 508 valence electrons. The Morgan fingerprint density at radius 3 is 1.96 bits per heavy atom.